The summed E-state index contributed by atoms with van der Waals surface area (Å²) in [7, 11) is 1.46. The summed E-state index contributed by atoms with van der Waals surface area (Å²) < 4.78 is 11.7. The lowest BCUT2D eigenvalue weighted by atomic mass is 10.1. The van der Waals surface area contributed by atoms with Gasteiger partial charge >= 0.3 is 0 Å². The number of carbonyl (C=O) groups is 2. The predicted octanol–water partition coefficient (Wildman–Crippen LogP) is 5.95. The average molecular weight is 548 g/mol. The van der Waals surface area contributed by atoms with Crippen molar-refractivity contribution in [3.05, 3.63) is 86.9 Å². The minimum absolute atomic E-state index is 0.0778. The van der Waals surface area contributed by atoms with E-state index in [1.54, 1.807) is 24.3 Å². The van der Waals surface area contributed by atoms with Crippen LogP contribution in [0.15, 0.2) is 64.6 Å². The smallest absolute Gasteiger partial charge is 0.266 e. The lowest BCUT2D eigenvalue weighted by molar-refractivity contribution is -0.118. The number of nitrogens with zero attached hydrogens (tertiary/aromatic N) is 1. The number of halogens is 1. The van der Waals surface area contributed by atoms with Gasteiger partial charge in [-0.3, -0.25) is 9.59 Å². The number of ether oxygens (including phenoxy) is 2. The first-order valence-electron chi connectivity index (χ1n) is 11.1. The topological polar surface area (TPSA) is 100 Å². The van der Waals surface area contributed by atoms with Crippen molar-refractivity contribution in [1.82, 2.24) is 0 Å². The lowest BCUT2D eigenvalue weighted by Gasteiger charge is -2.14. The van der Waals surface area contributed by atoms with Crippen molar-refractivity contribution < 1.29 is 19.1 Å². The molecular weight excluding hydrogens is 522 g/mol. The quantitative estimate of drug-likeness (QED) is 0.268. The highest BCUT2D eigenvalue weighted by Crippen LogP contribution is 2.37. The third kappa shape index (κ3) is 6.96. The number of amides is 2. The number of methoxy groups -OCH3 is 1. The Morgan fingerprint density at radius 1 is 0.972 bits per heavy atom. The maximum absolute atomic E-state index is 12.6. The Kier molecular flexibility index (Phi) is 8.87. The van der Waals surface area contributed by atoms with E-state index >= 15 is 0 Å². The summed E-state index contributed by atoms with van der Waals surface area (Å²) in [4.78, 5) is 25.0. The number of hydrogen-bond donors (Lipinski definition) is 2. The minimum atomic E-state index is -0.528. The third-order valence-corrected chi connectivity index (χ3v) is 5.96. The number of aryl methyl sites for hydroxylation is 3. The first-order chi connectivity index (χ1) is 17.2. The molecule has 2 N–H and O–H groups in total. The number of hydrogen-bond acceptors (Lipinski definition) is 5. The second-order valence-corrected chi connectivity index (χ2v) is 9.01. The number of carbonyl (C=O) groups excluding carboxylic acids is 2. The van der Waals surface area contributed by atoms with Gasteiger partial charge in [0.25, 0.3) is 11.8 Å². The van der Waals surface area contributed by atoms with Crippen LogP contribution < -0.4 is 20.1 Å². The second-order valence-electron chi connectivity index (χ2n) is 8.16. The Bertz CT molecular complexity index is 1360. The molecular formula is C28H26BrN3O4. The molecule has 0 aromatic heterocycles. The van der Waals surface area contributed by atoms with Crippen molar-refractivity contribution in [3.63, 3.8) is 0 Å². The van der Waals surface area contributed by atoms with Gasteiger partial charge in [-0.1, -0.05) is 23.8 Å². The SMILES string of the molecule is COc1cc(/C=C(/C#N)C(=O)Nc2ccc(C)cc2)cc(Br)c1OCC(=O)Nc1ccc(C)c(C)c1. The van der Waals surface area contributed by atoms with E-state index in [1.165, 1.54) is 13.2 Å². The van der Waals surface area contributed by atoms with Crippen LogP contribution in [0.5, 0.6) is 11.5 Å². The van der Waals surface area contributed by atoms with Gasteiger partial charge in [-0.25, -0.2) is 0 Å². The highest BCUT2D eigenvalue weighted by molar-refractivity contribution is 9.10. The van der Waals surface area contributed by atoms with Crippen molar-refractivity contribution in [1.29, 1.82) is 5.26 Å². The van der Waals surface area contributed by atoms with Crippen LogP contribution in [0, 0.1) is 32.1 Å². The van der Waals surface area contributed by atoms with Crippen molar-refractivity contribution in [2.45, 2.75) is 20.8 Å². The van der Waals surface area contributed by atoms with E-state index in [9.17, 15) is 14.9 Å². The van der Waals surface area contributed by atoms with Gasteiger partial charge in [0.05, 0.1) is 11.6 Å². The lowest BCUT2D eigenvalue weighted by Crippen LogP contribution is -2.20. The Morgan fingerprint density at radius 2 is 1.67 bits per heavy atom. The zero-order valence-corrected chi connectivity index (χ0v) is 22.0. The third-order valence-electron chi connectivity index (χ3n) is 5.38. The summed E-state index contributed by atoms with van der Waals surface area (Å²) >= 11 is 3.43. The number of nitriles is 1. The number of rotatable bonds is 8. The first-order valence-corrected chi connectivity index (χ1v) is 11.9. The molecule has 0 bridgehead atoms. The summed E-state index contributed by atoms with van der Waals surface area (Å²) in [5.41, 5.74) is 5.02. The molecule has 0 saturated heterocycles. The summed E-state index contributed by atoms with van der Waals surface area (Å²) in [6.07, 6.45) is 1.45. The highest BCUT2D eigenvalue weighted by Gasteiger charge is 2.15. The minimum Gasteiger partial charge on any atom is -0.493 e. The van der Waals surface area contributed by atoms with E-state index in [2.05, 4.69) is 26.6 Å². The number of anilines is 2. The van der Waals surface area contributed by atoms with Crippen molar-refractivity contribution in [2.24, 2.45) is 0 Å². The maximum atomic E-state index is 12.6. The summed E-state index contributed by atoms with van der Waals surface area (Å²) in [5, 5.41) is 15.1. The standard InChI is InChI=1S/C28H26BrN3O4/c1-17-5-8-22(9-6-17)32-28(34)21(15-30)12-20-13-24(29)27(25(14-20)35-4)36-16-26(33)31-23-10-7-18(2)19(3)11-23/h5-14H,16H2,1-4H3,(H,31,33)(H,32,34)/b21-12-. The summed E-state index contributed by atoms with van der Waals surface area (Å²) in [6.45, 7) is 5.69. The molecule has 3 aromatic carbocycles. The zero-order valence-electron chi connectivity index (χ0n) is 20.4. The molecule has 3 rings (SSSR count). The van der Waals surface area contributed by atoms with Crippen LogP contribution in [-0.2, 0) is 9.59 Å². The van der Waals surface area contributed by atoms with Crippen LogP contribution in [0.25, 0.3) is 6.08 Å². The number of nitrogens with one attached hydrogen (secondary N) is 2. The van der Waals surface area contributed by atoms with Crippen molar-refractivity contribution >= 4 is 45.2 Å². The van der Waals surface area contributed by atoms with Crippen molar-refractivity contribution in [3.8, 4) is 17.6 Å². The summed E-state index contributed by atoms with van der Waals surface area (Å²) in [6, 6.07) is 18.2. The molecule has 36 heavy (non-hydrogen) atoms. The molecule has 0 aliphatic carbocycles. The fourth-order valence-corrected chi connectivity index (χ4v) is 3.84. The first kappa shape index (κ1) is 26.5. The second kappa shape index (κ2) is 12.0. The molecule has 7 nitrogen and oxygen atoms in total. The van der Waals surface area contributed by atoms with E-state index < -0.39 is 5.91 Å². The molecule has 2 amide bonds. The Balaban J connectivity index is 1.73. The molecule has 0 spiro atoms. The van der Waals surface area contributed by atoms with Gasteiger partial charge in [-0.15, -0.1) is 0 Å². The Morgan fingerprint density at radius 3 is 2.31 bits per heavy atom. The fourth-order valence-electron chi connectivity index (χ4n) is 3.27. The van der Waals surface area contributed by atoms with Crippen LogP contribution in [0.2, 0.25) is 0 Å². The fraction of sp³-hybridized carbons (Fsp3) is 0.179. The van der Waals surface area contributed by atoms with E-state index in [0.717, 1.165) is 16.7 Å². The zero-order chi connectivity index (χ0) is 26.2. The number of benzene rings is 3. The predicted molar refractivity (Wildman–Crippen MR) is 144 cm³/mol. The highest BCUT2D eigenvalue weighted by atomic mass is 79.9. The summed E-state index contributed by atoms with van der Waals surface area (Å²) in [5.74, 6) is -0.186. The van der Waals surface area contributed by atoms with Gasteiger partial charge in [-0.05, 0) is 95.9 Å². The normalized spacial score (nSPS) is 10.8. The van der Waals surface area contributed by atoms with Gasteiger partial charge in [0.15, 0.2) is 18.1 Å². The van der Waals surface area contributed by atoms with E-state index in [-0.39, 0.29) is 18.1 Å². The van der Waals surface area contributed by atoms with E-state index in [4.69, 9.17) is 9.47 Å². The van der Waals surface area contributed by atoms with E-state index in [1.807, 2.05) is 57.2 Å². The van der Waals surface area contributed by atoms with Crippen LogP contribution >= 0.6 is 15.9 Å². The van der Waals surface area contributed by atoms with E-state index in [0.29, 0.717) is 32.9 Å². The molecule has 0 unspecified atom stereocenters. The molecule has 184 valence electrons. The van der Waals surface area contributed by atoms with Gasteiger partial charge in [0, 0.05) is 11.4 Å². The Hall–Kier alpha value is -4.09. The van der Waals surface area contributed by atoms with Crippen molar-refractivity contribution in [2.75, 3.05) is 24.4 Å². The van der Waals surface area contributed by atoms with Crippen LogP contribution in [0.1, 0.15) is 22.3 Å². The largest absolute Gasteiger partial charge is 0.493 e. The van der Waals surface area contributed by atoms with Gasteiger partial charge < -0.3 is 20.1 Å². The molecule has 8 heteroatoms. The molecule has 0 aliphatic rings. The Labute approximate surface area is 218 Å². The molecule has 0 fully saturated rings. The molecule has 0 heterocycles. The van der Waals surface area contributed by atoms with Gasteiger partial charge in [-0.2, -0.15) is 5.26 Å². The average Bonchev–Trinajstić information content (AvgIpc) is 2.85. The molecule has 3 aromatic rings. The molecule has 0 atom stereocenters. The van der Waals surface area contributed by atoms with Gasteiger partial charge in [0.1, 0.15) is 11.6 Å². The van der Waals surface area contributed by atoms with Gasteiger partial charge in [0.2, 0.25) is 0 Å². The van der Waals surface area contributed by atoms with Crippen LogP contribution in [0.4, 0.5) is 11.4 Å². The molecule has 0 radical (unpaired) electrons. The van der Waals surface area contributed by atoms with Crippen LogP contribution in [0.3, 0.4) is 0 Å². The monoisotopic (exact) mass is 547 g/mol. The molecule has 0 aliphatic heterocycles. The molecule has 0 saturated carbocycles. The van der Waals surface area contributed by atoms with Crippen LogP contribution in [-0.4, -0.2) is 25.5 Å². The maximum Gasteiger partial charge on any atom is 0.266 e.